The van der Waals surface area contributed by atoms with Crippen molar-refractivity contribution in [2.75, 3.05) is 13.1 Å². The molecule has 128 valence electrons. The number of halogens is 1. The van der Waals surface area contributed by atoms with Crippen molar-refractivity contribution in [2.24, 2.45) is 0 Å². The number of pyridine rings is 2. The van der Waals surface area contributed by atoms with E-state index in [-0.39, 0.29) is 11.8 Å². The number of hydrogen-bond acceptors (Lipinski definition) is 3. The van der Waals surface area contributed by atoms with Crippen LogP contribution in [0.5, 0.6) is 0 Å². The second-order valence-corrected chi connectivity index (χ2v) is 6.91. The van der Waals surface area contributed by atoms with Crippen molar-refractivity contribution in [3.63, 3.8) is 0 Å². The van der Waals surface area contributed by atoms with Crippen LogP contribution < -0.4 is 0 Å². The second kappa shape index (κ2) is 6.48. The molecule has 1 atom stereocenters. The average molecular weight is 355 g/mol. The molecule has 0 unspecified atom stereocenters. The first-order valence-corrected chi connectivity index (χ1v) is 8.85. The van der Waals surface area contributed by atoms with Crippen LogP contribution in [0.3, 0.4) is 0 Å². The highest BCUT2D eigenvalue weighted by molar-refractivity contribution is 6.30. The van der Waals surface area contributed by atoms with E-state index in [1.54, 1.807) is 6.92 Å². The maximum Gasteiger partial charge on any atom is 0.219 e. The van der Waals surface area contributed by atoms with Crippen molar-refractivity contribution in [2.45, 2.75) is 25.7 Å². The van der Waals surface area contributed by atoms with Gasteiger partial charge in [0.25, 0.3) is 0 Å². The Hall–Kier alpha value is -2.40. The third-order valence-electron chi connectivity index (χ3n) is 4.79. The van der Waals surface area contributed by atoms with Gasteiger partial charge < -0.3 is 4.90 Å². The van der Waals surface area contributed by atoms with Crippen LogP contribution in [-0.4, -0.2) is 38.3 Å². The van der Waals surface area contributed by atoms with Crippen LogP contribution in [0.15, 0.2) is 42.7 Å². The van der Waals surface area contributed by atoms with Gasteiger partial charge in [0.05, 0.1) is 22.6 Å². The normalized spacial score (nSPS) is 17.8. The number of carbonyl (C=O) groups is 1. The number of aromatic nitrogens is 3. The van der Waals surface area contributed by atoms with E-state index >= 15 is 0 Å². The quantitative estimate of drug-likeness (QED) is 0.703. The van der Waals surface area contributed by atoms with Gasteiger partial charge in [-0.05, 0) is 37.1 Å². The van der Waals surface area contributed by atoms with Gasteiger partial charge in [0.2, 0.25) is 5.91 Å². The smallest absolute Gasteiger partial charge is 0.219 e. The van der Waals surface area contributed by atoms with Crippen LogP contribution in [0.1, 0.15) is 31.4 Å². The predicted octanol–water partition coefficient (Wildman–Crippen LogP) is 3.78. The summed E-state index contributed by atoms with van der Waals surface area (Å²) < 4.78 is 1.96. The number of likely N-dealkylation sites (tertiary alicyclic amines) is 1. The topological polar surface area (TPSA) is 50.5 Å². The molecule has 25 heavy (non-hydrogen) atoms. The summed E-state index contributed by atoms with van der Waals surface area (Å²) >= 11 is 6.13. The molecule has 0 radical (unpaired) electrons. The number of carbonyl (C=O) groups excluding carboxylic acids is 1. The zero-order valence-corrected chi connectivity index (χ0v) is 14.8. The van der Waals surface area contributed by atoms with E-state index < -0.39 is 0 Å². The molecule has 6 heteroatoms. The van der Waals surface area contributed by atoms with Crippen molar-refractivity contribution in [3.05, 3.63) is 53.4 Å². The highest BCUT2D eigenvalue weighted by Crippen LogP contribution is 2.28. The third-order valence-corrected chi connectivity index (χ3v) is 5.01. The van der Waals surface area contributed by atoms with Crippen LogP contribution in [-0.2, 0) is 4.79 Å². The van der Waals surface area contributed by atoms with Gasteiger partial charge >= 0.3 is 0 Å². The molecule has 4 heterocycles. The van der Waals surface area contributed by atoms with Gasteiger partial charge in [0.1, 0.15) is 5.65 Å². The Labute approximate surface area is 151 Å². The highest BCUT2D eigenvalue weighted by Gasteiger charge is 2.24. The Morgan fingerprint density at radius 3 is 3.00 bits per heavy atom. The second-order valence-electron chi connectivity index (χ2n) is 6.47. The molecule has 1 saturated heterocycles. The van der Waals surface area contributed by atoms with Crippen LogP contribution in [0, 0.1) is 0 Å². The average Bonchev–Trinajstić information content (AvgIpc) is 3.05. The molecule has 1 amide bonds. The lowest BCUT2D eigenvalue weighted by molar-refractivity contribution is -0.130. The van der Waals surface area contributed by atoms with E-state index in [4.69, 9.17) is 16.6 Å². The van der Waals surface area contributed by atoms with Gasteiger partial charge in [-0.25, -0.2) is 4.98 Å². The number of rotatable bonds is 2. The first-order valence-electron chi connectivity index (χ1n) is 8.47. The van der Waals surface area contributed by atoms with Crippen LogP contribution in [0.2, 0.25) is 5.02 Å². The first kappa shape index (κ1) is 16.1. The minimum Gasteiger partial charge on any atom is -0.342 e. The lowest BCUT2D eigenvalue weighted by atomic mass is 9.94. The molecule has 1 aliphatic rings. The molecule has 3 aromatic heterocycles. The van der Waals surface area contributed by atoms with Crippen LogP contribution in [0.25, 0.3) is 17.0 Å². The van der Waals surface area contributed by atoms with Crippen molar-refractivity contribution in [3.8, 4) is 11.4 Å². The Balaban J connectivity index is 1.69. The van der Waals surface area contributed by atoms with Crippen molar-refractivity contribution in [1.29, 1.82) is 0 Å². The summed E-state index contributed by atoms with van der Waals surface area (Å²) in [7, 11) is 0. The molecule has 0 spiro atoms. The molecule has 3 aromatic rings. The SMILES string of the molecule is CC(=O)N1CCC[C@@H](c2cccc(-c3cnc4ccc(Cl)cn34)n2)C1. The monoisotopic (exact) mass is 354 g/mol. The van der Waals surface area contributed by atoms with Gasteiger partial charge in [-0.2, -0.15) is 0 Å². The fourth-order valence-corrected chi connectivity index (χ4v) is 3.63. The summed E-state index contributed by atoms with van der Waals surface area (Å²) in [5.74, 6) is 0.414. The van der Waals surface area contributed by atoms with Gasteiger partial charge in [0.15, 0.2) is 0 Å². The lowest BCUT2D eigenvalue weighted by Gasteiger charge is -2.31. The fraction of sp³-hybridized carbons (Fsp3) is 0.316. The first-order chi connectivity index (χ1) is 12.1. The predicted molar refractivity (Wildman–Crippen MR) is 97.7 cm³/mol. The summed E-state index contributed by atoms with van der Waals surface area (Å²) in [5.41, 5.74) is 3.65. The third kappa shape index (κ3) is 3.12. The van der Waals surface area contributed by atoms with Crippen molar-refractivity contribution >= 4 is 23.2 Å². The molecule has 0 bridgehead atoms. The van der Waals surface area contributed by atoms with E-state index in [1.165, 1.54) is 0 Å². The van der Waals surface area contributed by atoms with Crippen LogP contribution >= 0.6 is 11.6 Å². The number of amides is 1. The largest absolute Gasteiger partial charge is 0.342 e. The van der Waals surface area contributed by atoms with E-state index in [2.05, 4.69) is 4.98 Å². The van der Waals surface area contributed by atoms with Crippen molar-refractivity contribution < 1.29 is 4.79 Å². The summed E-state index contributed by atoms with van der Waals surface area (Å²) in [6.45, 7) is 3.22. The maximum absolute atomic E-state index is 11.7. The number of imidazole rings is 1. The highest BCUT2D eigenvalue weighted by atomic mass is 35.5. The number of hydrogen-bond donors (Lipinski definition) is 0. The molecule has 0 N–H and O–H groups in total. The molecule has 5 nitrogen and oxygen atoms in total. The molecule has 0 aromatic carbocycles. The number of nitrogens with zero attached hydrogens (tertiary/aromatic N) is 4. The Morgan fingerprint density at radius 2 is 2.16 bits per heavy atom. The van der Waals surface area contributed by atoms with Gasteiger partial charge in [-0.15, -0.1) is 0 Å². The Kier molecular flexibility index (Phi) is 4.17. The molecule has 0 saturated carbocycles. The maximum atomic E-state index is 11.7. The summed E-state index contributed by atoms with van der Waals surface area (Å²) in [6.07, 6.45) is 5.74. The molecule has 0 aliphatic carbocycles. The van der Waals surface area contributed by atoms with E-state index in [0.29, 0.717) is 5.02 Å². The minimum absolute atomic E-state index is 0.136. The number of fused-ring (bicyclic) bond motifs is 1. The molecular weight excluding hydrogens is 336 g/mol. The standard InChI is InChI=1S/C19H19ClN4O/c1-13(25)23-9-3-4-14(11-23)16-5-2-6-17(22-16)18-10-21-19-8-7-15(20)12-24(18)19/h2,5-8,10,12,14H,3-4,9,11H2,1H3/t14-/m1/s1. The van der Waals surface area contributed by atoms with E-state index in [9.17, 15) is 4.79 Å². The van der Waals surface area contributed by atoms with Crippen molar-refractivity contribution in [1.82, 2.24) is 19.3 Å². The zero-order valence-electron chi connectivity index (χ0n) is 14.0. The number of piperidine rings is 1. The van der Waals surface area contributed by atoms with E-state index in [1.807, 2.05) is 52.0 Å². The van der Waals surface area contributed by atoms with Crippen LogP contribution in [0.4, 0.5) is 0 Å². The minimum atomic E-state index is 0.136. The lowest BCUT2D eigenvalue weighted by Crippen LogP contribution is -2.37. The molecule has 1 aliphatic heterocycles. The van der Waals surface area contributed by atoms with E-state index in [0.717, 1.165) is 48.7 Å². The van der Waals surface area contributed by atoms with Gasteiger partial charge in [-0.1, -0.05) is 17.7 Å². The van der Waals surface area contributed by atoms with Gasteiger partial charge in [-0.3, -0.25) is 14.2 Å². The molecule has 1 fully saturated rings. The van der Waals surface area contributed by atoms with Gasteiger partial charge in [0, 0.05) is 37.8 Å². The summed E-state index contributed by atoms with van der Waals surface area (Å²) in [4.78, 5) is 22.9. The summed E-state index contributed by atoms with van der Waals surface area (Å²) in [6, 6.07) is 9.78. The Bertz CT molecular complexity index is 936. The zero-order chi connectivity index (χ0) is 17.4. The molecule has 4 rings (SSSR count). The Morgan fingerprint density at radius 1 is 1.28 bits per heavy atom. The fourth-order valence-electron chi connectivity index (χ4n) is 3.47. The molecular formula is C19H19ClN4O. The summed E-state index contributed by atoms with van der Waals surface area (Å²) in [5, 5.41) is 0.660.